The van der Waals surface area contributed by atoms with Crippen LogP contribution >= 0.6 is 11.9 Å². The van der Waals surface area contributed by atoms with Crippen molar-refractivity contribution in [2.75, 3.05) is 11.3 Å². The minimum atomic E-state index is -0.550. The van der Waals surface area contributed by atoms with Crippen molar-refractivity contribution in [1.29, 1.82) is 0 Å². The second kappa shape index (κ2) is 14.2. The van der Waals surface area contributed by atoms with Crippen LogP contribution in [0.2, 0.25) is 0 Å². The lowest BCUT2D eigenvalue weighted by Crippen LogP contribution is -2.52. The smallest absolute Gasteiger partial charge is 0.243 e. The predicted molar refractivity (Wildman–Crippen MR) is 154 cm³/mol. The first-order chi connectivity index (χ1) is 18.6. The second-order valence-electron chi connectivity index (χ2n) is 10.4. The van der Waals surface area contributed by atoms with E-state index >= 15 is 0 Å². The number of aromatic nitrogens is 1. The fraction of sp³-hybridized carbons (Fsp3) is 0.433. The Morgan fingerprint density at radius 2 is 1.77 bits per heavy atom. The number of rotatable bonds is 13. The molecule has 3 aromatic rings. The minimum absolute atomic E-state index is 0.0249. The van der Waals surface area contributed by atoms with Gasteiger partial charge in [-0.05, 0) is 59.9 Å². The van der Waals surface area contributed by atoms with Crippen molar-refractivity contribution in [2.45, 2.75) is 71.9 Å². The van der Waals surface area contributed by atoms with Crippen molar-refractivity contribution in [3.05, 3.63) is 65.7 Å². The van der Waals surface area contributed by atoms with Gasteiger partial charge < -0.3 is 19.5 Å². The maximum Gasteiger partial charge on any atom is 0.243 e. The summed E-state index contributed by atoms with van der Waals surface area (Å²) in [6.45, 7) is 12.5. The van der Waals surface area contributed by atoms with Crippen molar-refractivity contribution in [3.8, 4) is 11.1 Å². The summed E-state index contributed by atoms with van der Waals surface area (Å²) in [5.41, 5.74) is 2.88. The van der Waals surface area contributed by atoms with Crippen LogP contribution in [0.25, 0.3) is 11.1 Å². The molecule has 0 aliphatic heterocycles. The third-order valence-electron chi connectivity index (χ3n) is 6.26. The van der Waals surface area contributed by atoms with Gasteiger partial charge in [-0.25, -0.2) is 0 Å². The summed E-state index contributed by atoms with van der Waals surface area (Å²) in [4.78, 5) is 28.9. The average molecular weight is 555 g/mol. The third-order valence-corrected chi connectivity index (χ3v) is 7.13. The Hall–Kier alpha value is -3.33. The lowest BCUT2D eigenvalue weighted by atomic mass is 9.98. The molecule has 0 fully saturated rings. The highest BCUT2D eigenvalue weighted by Crippen LogP contribution is 2.33. The predicted octanol–water partition coefficient (Wildman–Crippen LogP) is 6.83. The van der Waals surface area contributed by atoms with E-state index in [1.54, 1.807) is 4.90 Å². The van der Waals surface area contributed by atoms with Gasteiger partial charge in [-0.15, -0.1) is 0 Å². The molecule has 2 aromatic carbocycles. The van der Waals surface area contributed by atoms with Gasteiger partial charge in [0.15, 0.2) is 5.76 Å². The molecule has 2 N–H and O–H groups in total. The number of hydrogen-bond acceptors (Lipinski definition) is 6. The Balaban J connectivity index is 1.81. The van der Waals surface area contributed by atoms with Crippen LogP contribution in [-0.2, 0) is 16.1 Å². The van der Waals surface area contributed by atoms with E-state index in [0.717, 1.165) is 21.6 Å². The van der Waals surface area contributed by atoms with Gasteiger partial charge in [0.2, 0.25) is 23.4 Å². The lowest BCUT2D eigenvalue weighted by molar-refractivity contribution is -0.143. The Bertz CT molecular complexity index is 1240. The number of anilines is 1. The molecule has 0 bridgehead atoms. The highest BCUT2D eigenvalue weighted by Gasteiger charge is 2.32. The van der Waals surface area contributed by atoms with E-state index in [2.05, 4.69) is 15.2 Å². The van der Waals surface area contributed by atoms with Gasteiger partial charge in [-0.1, -0.05) is 82.2 Å². The summed E-state index contributed by atoms with van der Waals surface area (Å²) in [6, 6.07) is 15.2. The van der Waals surface area contributed by atoms with Crippen LogP contribution in [0.5, 0.6) is 0 Å². The van der Waals surface area contributed by atoms with Crippen LogP contribution in [0, 0.1) is 24.6 Å². The van der Waals surface area contributed by atoms with Crippen LogP contribution in [0.15, 0.2) is 57.9 Å². The molecule has 7 nitrogen and oxygen atoms in total. The summed E-state index contributed by atoms with van der Waals surface area (Å²) in [6.07, 6.45) is 1.11. The average Bonchev–Trinajstić information content (AvgIpc) is 3.23. The molecule has 1 aromatic heterocycles. The van der Waals surface area contributed by atoms with E-state index in [1.807, 2.05) is 83.1 Å². The number of halogens is 1. The van der Waals surface area contributed by atoms with Gasteiger partial charge in [0.05, 0.1) is 0 Å². The van der Waals surface area contributed by atoms with Gasteiger partial charge in [-0.2, -0.15) is 4.39 Å². The number of hydrogen-bond donors (Lipinski definition) is 2. The molecule has 39 heavy (non-hydrogen) atoms. The number of carbonyl (C=O) groups is 2. The first-order valence-electron chi connectivity index (χ1n) is 13.4. The van der Waals surface area contributed by atoms with Gasteiger partial charge in [0.25, 0.3) is 0 Å². The molecule has 0 spiro atoms. The fourth-order valence-corrected chi connectivity index (χ4v) is 5.00. The molecule has 9 heteroatoms. The van der Waals surface area contributed by atoms with Crippen molar-refractivity contribution in [2.24, 2.45) is 11.8 Å². The standard InChI is InChI=1S/C30H39FN4O3S/c1-7-10-26(36)35(28(20(4)5)30(37)32-17-19(2)3)18-22-13-15-23(16-14-22)24-11-8-9-12-25(24)39-34-29-27(31)21(6)38-33-29/h8-9,11-16,19-20,28H,7,10,17-18H2,1-6H3,(H,32,37)(H,33,34). The molecule has 1 atom stereocenters. The van der Waals surface area contributed by atoms with Crippen molar-refractivity contribution >= 4 is 29.6 Å². The van der Waals surface area contributed by atoms with Gasteiger partial charge >= 0.3 is 0 Å². The molecule has 210 valence electrons. The van der Waals surface area contributed by atoms with Crippen LogP contribution in [-0.4, -0.2) is 34.5 Å². The van der Waals surface area contributed by atoms with E-state index in [9.17, 15) is 14.0 Å². The first kappa shape index (κ1) is 30.2. The fourth-order valence-electron chi connectivity index (χ4n) is 4.22. The normalized spacial score (nSPS) is 12.0. The summed E-state index contributed by atoms with van der Waals surface area (Å²) < 4.78 is 21.9. The van der Waals surface area contributed by atoms with Crippen LogP contribution in [0.3, 0.4) is 0 Å². The van der Waals surface area contributed by atoms with Crippen LogP contribution < -0.4 is 10.0 Å². The maximum atomic E-state index is 14.1. The van der Waals surface area contributed by atoms with Gasteiger partial charge in [0, 0.05) is 24.4 Å². The summed E-state index contributed by atoms with van der Waals surface area (Å²) in [7, 11) is 0. The number of aryl methyl sites for hydroxylation is 1. The minimum Gasteiger partial charge on any atom is -0.356 e. The molecule has 0 radical (unpaired) electrons. The molecular weight excluding hydrogens is 515 g/mol. The van der Waals surface area contributed by atoms with Crippen molar-refractivity contribution < 1.29 is 18.5 Å². The molecule has 0 saturated heterocycles. The number of nitrogens with zero attached hydrogens (tertiary/aromatic N) is 2. The highest BCUT2D eigenvalue weighted by molar-refractivity contribution is 8.00. The van der Waals surface area contributed by atoms with E-state index in [-0.39, 0.29) is 29.3 Å². The lowest BCUT2D eigenvalue weighted by Gasteiger charge is -2.34. The summed E-state index contributed by atoms with van der Waals surface area (Å²) in [5.74, 6) is -0.178. The molecule has 0 aliphatic rings. The number of nitrogens with one attached hydrogen (secondary N) is 2. The molecule has 1 unspecified atom stereocenters. The Labute approximate surface area is 235 Å². The monoisotopic (exact) mass is 554 g/mol. The Kier molecular flexibility index (Phi) is 11.0. The first-order valence-corrected chi connectivity index (χ1v) is 14.2. The van der Waals surface area contributed by atoms with Crippen molar-refractivity contribution in [1.82, 2.24) is 15.4 Å². The quantitative estimate of drug-likeness (QED) is 0.225. The molecular formula is C30H39FN4O3S. The zero-order valence-corrected chi connectivity index (χ0v) is 24.4. The molecule has 0 aliphatic carbocycles. The van der Waals surface area contributed by atoms with E-state index in [0.29, 0.717) is 31.8 Å². The van der Waals surface area contributed by atoms with Crippen molar-refractivity contribution in [3.63, 3.8) is 0 Å². The topological polar surface area (TPSA) is 87.5 Å². The zero-order chi connectivity index (χ0) is 28.5. The molecule has 2 amide bonds. The van der Waals surface area contributed by atoms with E-state index in [4.69, 9.17) is 4.52 Å². The van der Waals surface area contributed by atoms with E-state index < -0.39 is 11.9 Å². The van der Waals surface area contributed by atoms with Gasteiger partial charge in [-0.3, -0.25) is 9.59 Å². The largest absolute Gasteiger partial charge is 0.356 e. The molecule has 1 heterocycles. The summed E-state index contributed by atoms with van der Waals surface area (Å²) >= 11 is 1.25. The number of amides is 2. The Morgan fingerprint density at radius 1 is 1.08 bits per heavy atom. The highest BCUT2D eigenvalue weighted by atomic mass is 32.2. The third kappa shape index (κ3) is 8.08. The molecule has 3 rings (SSSR count). The van der Waals surface area contributed by atoms with E-state index in [1.165, 1.54) is 18.9 Å². The van der Waals surface area contributed by atoms with Gasteiger partial charge in [0.1, 0.15) is 6.04 Å². The number of benzene rings is 2. The zero-order valence-electron chi connectivity index (χ0n) is 23.6. The van der Waals surface area contributed by atoms with Crippen LogP contribution in [0.1, 0.15) is 58.8 Å². The number of carbonyl (C=O) groups excluding carboxylic acids is 2. The summed E-state index contributed by atoms with van der Waals surface area (Å²) in [5, 5.41) is 6.73. The SMILES string of the molecule is CCCC(=O)N(Cc1ccc(-c2ccccc2SNc2noc(C)c2F)cc1)C(C(=O)NCC(C)C)C(C)C. The second-order valence-corrected chi connectivity index (χ2v) is 11.2. The Morgan fingerprint density at radius 3 is 2.36 bits per heavy atom. The maximum absolute atomic E-state index is 14.1. The molecule has 0 saturated carbocycles. The van der Waals surface area contributed by atoms with Crippen LogP contribution in [0.4, 0.5) is 10.2 Å².